The summed E-state index contributed by atoms with van der Waals surface area (Å²) in [6.07, 6.45) is 4.40. The van der Waals surface area contributed by atoms with Crippen LogP contribution in [0.5, 0.6) is 0 Å². The zero-order valence-corrected chi connectivity index (χ0v) is 22.2. The molecule has 1 unspecified atom stereocenters. The fraction of sp³-hybridized carbons (Fsp3) is 0.577. The monoisotopic (exact) mass is 497 g/mol. The van der Waals surface area contributed by atoms with Crippen LogP contribution in [-0.4, -0.2) is 49.7 Å². The lowest BCUT2D eigenvalue weighted by Gasteiger charge is -2.24. The van der Waals surface area contributed by atoms with Gasteiger partial charge in [0.05, 0.1) is 5.52 Å². The van der Waals surface area contributed by atoms with Gasteiger partial charge >= 0.3 is 6.09 Å². The number of rotatable bonds is 10. The van der Waals surface area contributed by atoms with Crippen molar-refractivity contribution in [3.8, 4) is 0 Å². The van der Waals surface area contributed by atoms with Crippen molar-refractivity contribution in [2.24, 2.45) is 5.92 Å². The van der Waals surface area contributed by atoms with Gasteiger partial charge in [0.2, 0.25) is 5.91 Å². The van der Waals surface area contributed by atoms with Crippen molar-refractivity contribution in [2.75, 3.05) is 12.3 Å². The molecule has 3 aromatic rings. The number of nitrogens with one attached hydrogen (secondary N) is 2. The number of carbonyl (C=O) groups excluding carboxylic acids is 2. The summed E-state index contributed by atoms with van der Waals surface area (Å²) in [6, 6.07) is 3.01. The maximum Gasteiger partial charge on any atom is 0.408 e. The van der Waals surface area contributed by atoms with Crippen LogP contribution < -0.4 is 16.4 Å². The minimum atomic E-state index is -0.693. The Morgan fingerprint density at radius 1 is 1.19 bits per heavy atom. The first kappa shape index (κ1) is 27.2. The van der Waals surface area contributed by atoms with Crippen LogP contribution >= 0.6 is 0 Å². The Morgan fingerprint density at radius 2 is 1.94 bits per heavy atom. The maximum atomic E-state index is 13.0. The number of amides is 2. The molecule has 0 spiro atoms. The molecule has 0 aliphatic heterocycles. The number of hydrogen-bond acceptors (Lipinski definition) is 7. The number of anilines is 1. The average Bonchev–Trinajstić information content (AvgIpc) is 3.15. The normalized spacial score (nSPS) is 12.8. The van der Waals surface area contributed by atoms with Gasteiger partial charge in [-0.05, 0) is 51.7 Å². The third-order valence-electron chi connectivity index (χ3n) is 5.64. The van der Waals surface area contributed by atoms with Crippen molar-refractivity contribution < 1.29 is 14.3 Å². The van der Waals surface area contributed by atoms with Crippen LogP contribution in [0.1, 0.15) is 66.6 Å². The van der Waals surface area contributed by atoms with E-state index in [1.807, 2.05) is 26.0 Å². The van der Waals surface area contributed by atoms with Gasteiger partial charge in [0.15, 0.2) is 5.82 Å². The Hall–Kier alpha value is -3.43. The third kappa shape index (κ3) is 6.83. The summed E-state index contributed by atoms with van der Waals surface area (Å²) in [5.41, 5.74) is 8.49. The Kier molecular flexibility index (Phi) is 8.70. The smallest absolute Gasteiger partial charge is 0.408 e. The number of carbonyl (C=O) groups is 2. The molecule has 0 radical (unpaired) electrons. The standard InChI is InChI=1S/C26H39N7O3/c1-7-8-11-19-32-21-22(20-17(30-23(21)27)10-9-12-28-20)33(19)14-13-29-24(34)18(15-16(2)3)31-25(35)36-26(4,5)6/h9-10,12,16,18H,7-8,11,13-15H2,1-6H3,(H2,27,30)(H,29,34)(H,31,35). The van der Waals surface area contributed by atoms with Crippen molar-refractivity contribution in [2.45, 2.75) is 85.4 Å². The van der Waals surface area contributed by atoms with Gasteiger partial charge in [-0.1, -0.05) is 27.2 Å². The van der Waals surface area contributed by atoms with Crippen LogP contribution in [0.2, 0.25) is 0 Å². The van der Waals surface area contributed by atoms with Crippen molar-refractivity contribution in [1.29, 1.82) is 0 Å². The summed E-state index contributed by atoms with van der Waals surface area (Å²) >= 11 is 0. The molecule has 0 saturated carbocycles. The van der Waals surface area contributed by atoms with E-state index in [1.165, 1.54) is 0 Å². The lowest BCUT2D eigenvalue weighted by Crippen LogP contribution is -2.49. The Morgan fingerprint density at radius 3 is 2.61 bits per heavy atom. The molecule has 196 valence electrons. The summed E-state index contributed by atoms with van der Waals surface area (Å²) in [4.78, 5) is 39.2. The molecule has 10 nitrogen and oxygen atoms in total. The van der Waals surface area contributed by atoms with Gasteiger partial charge < -0.3 is 25.7 Å². The Bertz CT molecular complexity index is 1210. The second-order valence-electron chi connectivity index (χ2n) is 10.5. The van der Waals surface area contributed by atoms with E-state index in [-0.39, 0.29) is 11.8 Å². The Balaban J connectivity index is 1.82. The highest BCUT2D eigenvalue weighted by Crippen LogP contribution is 2.28. The topological polar surface area (TPSA) is 137 Å². The lowest BCUT2D eigenvalue weighted by atomic mass is 10.0. The summed E-state index contributed by atoms with van der Waals surface area (Å²) in [7, 11) is 0. The number of nitrogens with two attached hydrogens (primary N) is 1. The number of nitrogen functional groups attached to an aromatic ring is 1. The summed E-state index contributed by atoms with van der Waals surface area (Å²) < 4.78 is 7.43. The first-order valence-electron chi connectivity index (χ1n) is 12.7. The van der Waals surface area contributed by atoms with Crippen molar-refractivity contribution in [3.63, 3.8) is 0 Å². The predicted octanol–water partition coefficient (Wildman–Crippen LogP) is 3.96. The third-order valence-corrected chi connectivity index (χ3v) is 5.64. The number of aromatic nitrogens is 4. The fourth-order valence-electron chi connectivity index (χ4n) is 4.10. The number of fused-ring (bicyclic) bond motifs is 3. The zero-order valence-electron chi connectivity index (χ0n) is 22.2. The van der Waals surface area contributed by atoms with Gasteiger partial charge in [-0.15, -0.1) is 0 Å². The summed E-state index contributed by atoms with van der Waals surface area (Å²) in [5, 5.41) is 5.70. The second-order valence-corrected chi connectivity index (χ2v) is 10.5. The number of alkyl carbamates (subject to hydrolysis) is 1. The van der Waals surface area contributed by atoms with Gasteiger partial charge in [-0.25, -0.2) is 14.8 Å². The van der Waals surface area contributed by atoms with Gasteiger partial charge in [0.25, 0.3) is 0 Å². The molecular formula is C26H39N7O3. The molecule has 10 heteroatoms. The highest BCUT2D eigenvalue weighted by molar-refractivity contribution is 6.04. The van der Waals surface area contributed by atoms with Crippen LogP contribution in [0.3, 0.4) is 0 Å². The van der Waals surface area contributed by atoms with E-state index in [9.17, 15) is 9.59 Å². The Labute approximate surface area is 212 Å². The fourth-order valence-corrected chi connectivity index (χ4v) is 4.10. The molecule has 2 amide bonds. The largest absolute Gasteiger partial charge is 0.444 e. The van der Waals surface area contributed by atoms with Crippen LogP contribution in [0.15, 0.2) is 18.3 Å². The molecule has 0 fully saturated rings. The molecule has 3 heterocycles. The molecule has 1 atom stereocenters. The van der Waals surface area contributed by atoms with E-state index in [0.29, 0.717) is 36.4 Å². The molecule has 36 heavy (non-hydrogen) atoms. The number of nitrogens with zero attached hydrogens (tertiary/aromatic N) is 4. The van der Waals surface area contributed by atoms with Crippen LogP contribution in [-0.2, 0) is 22.5 Å². The van der Waals surface area contributed by atoms with Crippen molar-refractivity contribution in [3.05, 3.63) is 24.2 Å². The zero-order chi connectivity index (χ0) is 26.5. The van der Waals surface area contributed by atoms with E-state index in [1.54, 1.807) is 27.0 Å². The molecule has 3 rings (SSSR count). The van der Waals surface area contributed by atoms with E-state index < -0.39 is 17.7 Å². The highest BCUT2D eigenvalue weighted by Gasteiger charge is 2.25. The van der Waals surface area contributed by atoms with Gasteiger partial charge in [0, 0.05) is 25.7 Å². The van der Waals surface area contributed by atoms with Gasteiger partial charge in [-0.3, -0.25) is 9.78 Å². The quantitative estimate of drug-likeness (QED) is 0.385. The van der Waals surface area contributed by atoms with Crippen molar-refractivity contribution >= 4 is 39.9 Å². The SMILES string of the molecule is CCCCc1nc2c(N)nc3cccnc3c2n1CCNC(=O)C(CC(C)C)NC(=O)OC(C)(C)C. The first-order valence-corrected chi connectivity index (χ1v) is 12.7. The minimum Gasteiger partial charge on any atom is -0.444 e. The molecule has 3 aromatic heterocycles. The number of ether oxygens (including phenoxy) is 1. The molecule has 0 bridgehead atoms. The molecule has 0 aliphatic carbocycles. The van der Waals surface area contributed by atoms with Crippen LogP contribution in [0.4, 0.5) is 10.6 Å². The number of hydrogen-bond donors (Lipinski definition) is 3. The number of unbranched alkanes of at least 4 members (excludes halogenated alkanes) is 1. The molecular weight excluding hydrogens is 458 g/mol. The molecule has 4 N–H and O–H groups in total. The minimum absolute atomic E-state index is 0.210. The predicted molar refractivity (Wildman–Crippen MR) is 141 cm³/mol. The lowest BCUT2D eigenvalue weighted by molar-refractivity contribution is -0.123. The van der Waals surface area contributed by atoms with E-state index >= 15 is 0 Å². The number of imidazole rings is 1. The summed E-state index contributed by atoms with van der Waals surface area (Å²) in [5.74, 6) is 1.21. The molecule has 0 aromatic carbocycles. The maximum absolute atomic E-state index is 13.0. The highest BCUT2D eigenvalue weighted by atomic mass is 16.6. The molecule has 0 aliphatic rings. The van der Waals surface area contributed by atoms with Gasteiger partial charge in [-0.2, -0.15) is 0 Å². The van der Waals surface area contributed by atoms with E-state index in [4.69, 9.17) is 15.5 Å². The second kappa shape index (κ2) is 11.5. The van der Waals surface area contributed by atoms with Crippen LogP contribution in [0.25, 0.3) is 22.1 Å². The first-order chi connectivity index (χ1) is 17.0. The summed E-state index contributed by atoms with van der Waals surface area (Å²) in [6.45, 7) is 12.3. The number of aryl methyl sites for hydroxylation is 1. The number of pyridine rings is 2. The van der Waals surface area contributed by atoms with Crippen LogP contribution in [0, 0.1) is 5.92 Å². The van der Waals surface area contributed by atoms with E-state index in [0.717, 1.165) is 36.1 Å². The van der Waals surface area contributed by atoms with Gasteiger partial charge in [0.1, 0.15) is 34.0 Å². The van der Waals surface area contributed by atoms with E-state index in [2.05, 4.69) is 32.1 Å². The molecule has 0 saturated heterocycles. The average molecular weight is 498 g/mol. The van der Waals surface area contributed by atoms with Crippen molar-refractivity contribution in [1.82, 2.24) is 30.2 Å².